The van der Waals surface area contributed by atoms with Gasteiger partial charge in [-0.25, -0.2) is 4.67 Å². The molecule has 2 aliphatic rings. The largest absolute Gasteiger partial charge is 0.394 e. The molecular formula is C21H36N5O7P. The van der Waals surface area contributed by atoms with E-state index in [0.29, 0.717) is 5.69 Å². The van der Waals surface area contributed by atoms with Crippen LogP contribution >= 0.6 is 8.53 Å². The van der Waals surface area contributed by atoms with Crippen LogP contribution < -0.4 is 0 Å². The smallest absolute Gasteiger partial charge is 0.259 e. The van der Waals surface area contributed by atoms with Gasteiger partial charge >= 0.3 is 0 Å². The molecule has 34 heavy (non-hydrogen) atoms. The molecule has 0 aromatic carbocycles. The number of fused-ring (bicyclic) bond motifs is 1. The van der Waals surface area contributed by atoms with Crippen molar-refractivity contribution in [1.29, 1.82) is 5.26 Å². The van der Waals surface area contributed by atoms with Crippen molar-refractivity contribution in [3.63, 3.8) is 0 Å². The maximum absolute atomic E-state index is 10.1. The minimum absolute atomic E-state index is 0.124. The summed E-state index contributed by atoms with van der Waals surface area (Å²) in [6.45, 7) is 11.9. The van der Waals surface area contributed by atoms with Gasteiger partial charge in [-0.05, 0) is 41.5 Å². The molecule has 2 aliphatic heterocycles. The minimum Gasteiger partial charge on any atom is -0.394 e. The zero-order chi connectivity index (χ0) is 24.9. The lowest BCUT2D eigenvalue weighted by molar-refractivity contribution is -0.230. The second-order valence-corrected chi connectivity index (χ2v) is 10.6. The molecule has 2 N–H and O–H groups in total. The van der Waals surface area contributed by atoms with Gasteiger partial charge in [0, 0.05) is 12.1 Å². The summed E-state index contributed by atoms with van der Waals surface area (Å²) in [7, 11) is -1.58. The summed E-state index contributed by atoms with van der Waals surface area (Å²) in [6, 6.07) is 2.35. The van der Waals surface area contributed by atoms with E-state index in [1.54, 1.807) is 6.20 Å². The van der Waals surface area contributed by atoms with Crippen molar-refractivity contribution in [3.05, 3.63) is 11.9 Å². The van der Waals surface area contributed by atoms with Crippen LogP contribution in [0.25, 0.3) is 0 Å². The second kappa shape index (κ2) is 12.1. The Bertz CT molecular complexity index is 783. The Kier molecular flexibility index (Phi) is 9.74. The first kappa shape index (κ1) is 27.3. The van der Waals surface area contributed by atoms with E-state index in [9.17, 15) is 5.11 Å². The lowest BCUT2D eigenvalue weighted by Crippen LogP contribution is -2.46. The molecule has 6 atom stereocenters. The molecule has 2 fully saturated rings. The molecule has 0 radical (unpaired) electrons. The van der Waals surface area contributed by atoms with Crippen LogP contribution in [0.3, 0.4) is 0 Å². The molecule has 0 bridgehead atoms. The number of aromatic amines is 1. The van der Waals surface area contributed by atoms with Crippen LogP contribution in [0.15, 0.2) is 6.20 Å². The van der Waals surface area contributed by atoms with Crippen molar-refractivity contribution in [2.24, 2.45) is 0 Å². The molecule has 13 heteroatoms. The van der Waals surface area contributed by atoms with E-state index < -0.39 is 45.0 Å². The highest BCUT2D eigenvalue weighted by atomic mass is 31.2. The number of aromatic nitrogens is 3. The van der Waals surface area contributed by atoms with Gasteiger partial charge in [0.1, 0.15) is 30.1 Å². The Labute approximate surface area is 201 Å². The van der Waals surface area contributed by atoms with Crippen LogP contribution in [0.2, 0.25) is 0 Å². The predicted molar refractivity (Wildman–Crippen MR) is 121 cm³/mol. The Morgan fingerprint density at radius 2 is 2.03 bits per heavy atom. The summed E-state index contributed by atoms with van der Waals surface area (Å²) in [4.78, 5) is 0. The highest BCUT2D eigenvalue weighted by molar-refractivity contribution is 7.44. The normalized spacial score (nSPS) is 27.9. The molecule has 3 unspecified atom stereocenters. The first-order valence-corrected chi connectivity index (χ1v) is 12.6. The molecular weight excluding hydrogens is 465 g/mol. The van der Waals surface area contributed by atoms with Gasteiger partial charge in [-0.2, -0.15) is 20.7 Å². The van der Waals surface area contributed by atoms with Gasteiger partial charge in [-0.1, -0.05) is 0 Å². The number of hydrogen-bond acceptors (Lipinski definition) is 11. The van der Waals surface area contributed by atoms with E-state index in [-0.39, 0.29) is 38.3 Å². The molecule has 3 rings (SSSR count). The minimum atomic E-state index is -1.58. The van der Waals surface area contributed by atoms with Crippen molar-refractivity contribution in [2.45, 2.75) is 103 Å². The summed E-state index contributed by atoms with van der Waals surface area (Å²) in [5.74, 6) is -0.849. The van der Waals surface area contributed by atoms with Crippen LogP contribution in [0.1, 0.15) is 53.7 Å². The third-order valence-corrected chi connectivity index (χ3v) is 7.49. The average Bonchev–Trinajstić information content (AvgIpc) is 3.44. The molecule has 2 saturated heterocycles. The van der Waals surface area contributed by atoms with Crippen LogP contribution in [-0.4, -0.2) is 87.0 Å². The standard InChI is InChI=1S/C21H36N5O7P/c1-13(2)26(14(3)4)34(29-9-7-8-22)33-18-17(30-20-19(18)31-21(5,6)32-20)16(11-27)28-12-15-10-23-25-24-15/h10,13-14,16-20,27H,7,9,11-12H2,1-6H3,(H,23,24,25)/t16?,17?,18-,19-,20-,34?/m1/s1. The zero-order valence-corrected chi connectivity index (χ0v) is 21.5. The third-order valence-electron chi connectivity index (χ3n) is 5.36. The van der Waals surface area contributed by atoms with E-state index in [0.717, 1.165) is 0 Å². The lowest BCUT2D eigenvalue weighted by atomic mass is 10.1. The van der Waals surface area contributed by atoms with Crippen molar-refractivity contribution in [3.8, 4) is 6.07 Å². The number of nitrogens with one attached hydrogen (secondary N) is 1. The van der Waals surface area contributed by atoms with E-state index in [1.165, 1.54) is 0 Å². The SMILES string of the molecule is CC(C)N(C(C)C)P(OCCC#N)O[C@@H]1C(C(CO)OCc2cn[nH]n2)O[C@@H]2OC(C)(C)O[C@@H]21. The molecule has 0 aliphatic carbocycles. The van der Waals surface area contributed by atoms with Crippen molar-refractivity contribution in [2.75, 3.05) is 13.2 Å². The summed E-state index contributed by atoms with van der Waals surface area (Å²) < 4.78 is 39.0. The van der Waals surface area contributed by atoms with Crippen molar-refractivity contribution < 1.29 is 33.1 Å². The van der Waals surface area contributed by atoms with Gasteiger partial charge in [-0.15, -0.1) is 0 Å². The quantitative estimate of drug-likeness (QED) is 0.303. The molecule has 0 saturated carbocycles. The number of nitrogens with zero attached hydrogens (tertiary/aromatic N) is 4. The maximum atomic E-state index is 10.1. The fraction of sp³-hybridized carbons (Fsp3) is 0.857. The first-order valence-electron chi connectivity index (χ1n) is 11.5. The number of hydrogen-bond donors (Lipinski definition) is 2. The number of H-pyrrole nitrogens is 1. The zero-order valence-electron chi connectivity index (χ0n) is 20.6. The Morgan fingerprint density at radius 1 is 1.29 bits per heavy atom. The highest BCUT2D eigenvalue weighted by Gasteiger charge is 2.58. The predicted octanol–water partition coefficient (Wildman–Crippen LogP) is 2.22. The van der Waals surface area contributed by atoms with Gasteiger partial charge in [0.25, 0.3) is 8.53 Å². The second-order valence-electron chi connectivity index (χ2n) is 9.18. The third kappa shape index (κ3) is 6.69. The number of rotatable bonds is 13. The van der Waals surface area contributed by atoms with Gasteiger partial charge in [0.05, 0.1) is 38.5 Å². The molecule has 192 valence electrons. The Morgan fingerprint density at radius 3 is 2.62 bits per heavy atom. The van der Waals surface area contributed by atoms with Crippen molar-refractivity contribution >= 4 is 8.53 Å². The van der Waals surface area contributed by atoms with Crippen LogP contribution in [0.4, 0.5) is 0 Å². The fourth-order valence-electron chi connectivity index (χ4n) is 4.06. The van der Waals surface area contributed by atoms with E-state index in [2.05, 4.69) is 53.8 Å². The van der Waals surface area contributed by atoms with Crippen LogP contribution in [0.5, 0.6) is 0 Å². The summed E-state index contributed by atoms with van der Waals surface area (Å²) in [5.41, 5.74) is 0.593. The van der Waals surface area contributed by atoms with Gasteiger partial charge in [0.15, 0.2) is 12.1 Å². The highest BCUT2D eigenvalue weighted by Crippen LogP contribution is 2.51. The summed E-state index contributed by atoms with van der Waals surface area (Å²) in [6.07, 6.45) is -1.50. The number of ether oxygens (including phenoxy) is 4. The lowest BCUT2D eigenvalue weighted by Gasteiger charge is -2.39. The Balaban J connectivity index is 1.83. The van der Waals surface area contributed by atoms with Gasteiger partial charge < -0.3 is 33.1 Å². The molecule has 1 aromatic rings. The first-order chi connectivity index (χ1) is 16.2. The molecule has 1 aromatic heterocycles. The topological polar surface area (TPSA) is 144 Å². The molecule has 12 nitrogen and oxygen atoms in total. The Hall–Kier alpha value is -1.26. The maximum Gasteiger partial charge on any atom is 0.259 e. The summed E-state index contributed by atoms with van der Waals surface area (Å²) >= 11 is 0. The van der Waals surface area contributed by atoms with Gasteiger partial charge in [-0.3, -0.25) is 0 Å². The monoisotopic (exact) mass is 501 g/mol. The van der Waals surface area contributed by atoms with Crippen LogP contribution in [0, 0.1) is 11.3 Å². The molecule has 0 amide bonds. The number of aliphatic hydroxyl groups is 1. The number of aliphatic hydroxyl groups excluding tert-OH is 1. The van der Waals surface area contributed by atoms with E-state index in [1.807, 2.05) is 13.8 Å². The summed E-state index contributed by atoms with van der Waals surface area (Å²) in [5, 5.41) is 29.4. The van der Waals surface area contributed by atoms with E-state index >= 15 is 0 Å². The average molecular weight is 502 g/mol. The number of nitriles is 1. The van der Waals surface area contributed by atoms with Crippen molar-refractivity contribution in [1.82, 2.24) is 20.1 Å². The van der Waals surface area contributed by atoms with E-state index in [4.69, 9.17) is 33.3 Å². The molecule has 3 heterocycles. The van der Waals surface area contributed by atoms with Crippen LogP contribution in [-0.2, 0) is 34.6 Å². The molecule has 0 spiro atoms. The fourth-order valence-corrected chi connectivity index (χ4v) is 5.81. The van der Waals surface area contributed by atoms with Gasteiger partial charge in [0.2, 0.25) is 0 Å².